The van der Waals surface area contributed by atoms with Crippen molar-refractivity contribution in [2.45, 2.75) is 18.2 Å². The zero-order valence-electron chi connectivity index (χ0n) is 12.1. The molecule has 0 N–H and O–H groups in total. The van der Waals surface area contributed by atoms with E-state index in [1.807, 2.05) is 43.3 Å². The second kappa shape index (κ2) is 6.92. The second-order valence-electron chi connectivity index (χ2n) is 4.78. The Labute approximate surface area is 130 Å². The Balaban J connectivity index is 2.14. The van der Waals surface area contributed by atoms with Gasteiger partial charge in [-0.1, -0.05) is 48.0 Å². The summed E-state index contributed by atoms with van der Waals surface area (Å²) < 4.78 is 28.9. The standard InChI is InChI=1S/C17H15NO3S/c1-14-7-9-17(10-8-14)22(19,20)21-13-16(12-18)11-15-5-3-2-4-6-15/h2-10,13H,11H2,1H3/b16-13-. The average Bonchev–Trinajstić information content (AvgIpc) is 2.53. The lowest BCUT2D eigenvalue weighted by molar-refractivity contribution is 0.440. The summed E-state index contributed by atoms with van der Waals surface area (Å²) in [5, 5.41) is 9.10. The van der Waals surface area contributed by atoms with Gasteiger partial charge in [-0.05, 0) is 24.6 Å². The molecule has 2 rings (SSSR count). The molecule has 0 unspecified atom stereocenters. The molecule has 0 spiro atoms. The lowest BCUT2D eigenvalue weighted by Crippen LogP contribution is -2.03. The first-order chi connectivity index (χ1) is 10.5. The zero-order valence-corrected chi connectivity index (χ0v) is 12.9. The molecule has 0 aliphatic heterocycles. The number of hydrogen-bond acceptors (Lipinski definition) is 4. The minimum absolute atomic E-state index is 0.0614. The van der Waals surface area contributed by atoms with E-state index in [1.54, 1.807) is 12.1 Å². The highest BCUT2D eigenvalue weighted by atomic mass is 32.2. The molecule has 0 heterocycles. The summed E-state index contributed by atoms with van der Waals surface area (Å²) in [5.41, 5.74) is 2.10. The maximum Gasteiger partial charge on any atom is 0.338 e. The van der Waals surface area contributed by atoms with Gasteiger partial charge in [-0.15, -0.1) is 0 Å². The van der Waals surface area contributed by atoms with Crippen LogP contribution in [0.3, 0.4) is 0 Å². The van der Waals surface area contributed by atoms with Crippen LogP contribution in [0.2, 0.25) is 0 Å². The van der Waals surface area contributed by atoms with Gasteiger partial charge in [0.05, 0.1) is 11.6 Å². The summed E-state index contributed by atoms with van der Waals surface area (Å²) >= 11 is 0. The van der Waals surface area contributed by atoms with Crippen LogP contribution in [0.4, 0.5) is 0 Å². The van der Waals surface area contributed by atoms with Gasteiger partial charge in [0.25, 0.3) is 0 Å². The number of hydrogen-bond donors (Lipinski definition) is 0. The third kappa shape index (κ3) is 4.21. The third-order valence-electron chi connectivity index (χ3n) is 3.01. The molecule has 0 saturated carbocycles. The molecule has 5 heteroatoms. The monoisotopic (exact) mass is 313 g/mol. The molecule has 112 valence electrons. The SMILES string of the molecule is Cc1ccc(S(=O)(=O)O/C=C(\C#N)Cc2ccccc2)cc1. The summed E-state index contributed by atoms with van der Waals surface area (Å²) in [6.07, 6.45) is 1.32. The second-order valence-corrected chi connectivity index (χ2v) is 6.35. The summed E-state index contributed by atoms with van der Waals surface area (Å²) in [7, 11) is -3.90. The van der Waals surface area contributed by atoms with E-state index in [0.717, 1.165) is 17.4 Å². The molecule has 2 aromatic rings. The first-order valence-corrected chi connectivity index (χ1v) is 8.05. The molecular formula is C17H15NO3S. The molecule has 2 aromatic carbocycles. The number of benzene rings is 2. The molecule has 0 aromatic heterocycles. The van der Waals surface area contributed by atoms with Crippen molar-refractivity contribution < 1.29 is 12.6 Å². The number of allylic oxidation sites excluding steroid dienone is 1. The Morgan fingerprint density at radius 1 is 1.14 bits per heavy atom. The maximum absolute atomic E-state index is 12.0. The van der Waals surface area contributed by atoms with Crippen LogP contribution in [0.5, 0.6) is 0 Å². The van der Waals surface area contributed by atoms with Crippen LogP contribution in [0.15, 0.2) is 71.3 Å². The Bertz CT molecular complexity index is 801. The van der Waals surface area contributed by atoms with Gasteiger partial charge >= 0.3 is 10.1 Å². The van der Waals surface area contributed by atoms with Crippen molar-refractivity contribution in [3.63, 3.8) is 0 Å². The quantitative estimate of drug-likeness (QED) is 0.482. The van der Waals surface area contributed by atoms with Gasteiger partial charge in [0, 0.05) is 6.42 Å². The predicted molar refractivity (Wildman–Crippen MR) is 83.3 cm³/mol. The van der Waals surface area contributed by atoms with Crippen molar-refractivity contribution in [3.05, 3.63) is 77.6 Å². The van der Waals surface area contributed by atoms with E-state index >= 15 is 0 Å². The maximum atomic E-state index is 12.0. The van der Waals surface area contributed by atoms with E-state index in [1.165, 1.54) is 12.1 Å². The van der Waals surface area contributed by atoms with E-state index in [4.69, 9.17) is 9.44 Å². The van der Waals surface area contributed by atoms with Gasteiger partial charge in [-0.25, -0.2) is 0 Å². The van der Waals surface area contributed by atoms with Crippen LogP contribution < -0.4 is 0 Å². The Kier molecular flexibility index (Phi) is 4.97. The van der Waals surface area contributed by atoms with Gasteiger partial charge in [0.15, 0.2) is 0 Å². The summed E-state index contributed by atoms with van der Waals surface area (Å²) in [5.74, 6) is 0. The smallest absolute Gasteiger partial charge is 0.338 e. The van der Waals surface area contributed by atoms with Gasteiger partial charge in [0.1, 0.15) is 11.2 Å². The number of aryl methyl sites for hydroxylation is 1. The van der Waals surface area contributed by atoms with E-state index in [0.29, 0.717) is 6.42 Å². The van der Waals surface area contributed by atoms with Gasteiger partial charge in [-0.2, -0.15) is 13.7 Å². The first-order valence-electron chi connectivity index (χ1n) is 6.64. The van der Waals surface area contributed by atoms with Crippen molar-refractivity contribution in [2.24, 2.45) is 0 Å². The molecule has 0 bridgehead atoms. The van der Waals surface area contributed by atoms with E-state index in [-0.39, 0.29) is 10.5 Å². The largest absolute Gasteiger partial charge is 0.386 e. The molecule has 0 amide bonds. The minimum atomic E-state index is -3.90. The summed E-state index contributed by atoms with van der Waals surface area (Å²) in [4.78, 5) is 0.0614. The predicted octanol–water partition coefficient (Wildman–Crippen LogP) is 3.35. The number of rotatable bonds is 5. The van der Waals surface area contributed by atoms with Crippen LogP contribution in [0.1, 0.15) is 11.1 Å². The molecule has 22 heavy (non-hydrogen) atoms. The first kappa shape index (κ1) is 15.8. The Hall–Kier alpha value is -2.58. The normalized spacial score (nSPS) is 11.7. The highest BCUT2D eigenvalue weighted by molar-refractivity contribution is 7.86. The van der Waals surface area contributed by atoms with Crippen molar-refractivity contribution in [1.82, 2.24) is 0 Å². The van der Waals surface area contributed by atoms with Crippen molar-refractivity contribution in [1.29, 1.82) is 5.26 Å². The van der Waals surface area contributed by atoms with Gasteiger partial charge in [0.2, 0.25) is 0 Å². The van der Waals surface area contributed by atoms with Gasteiger partial charge in [-0.3, -0.25) is 0 Å². The van der Waals surface area contributed by atoms with E-state index in [9.17, 15) is 8.42 Å². The third-order valence-corrected chi connectivity index (χ3v) is 4.21. The van der Waals surface area contributed by atoms with Crippen LogP contribution in [0.25, 0.3) is 0 Å². The van der Waals surface area contributed by atoms with E-state index < -0.39 is 10.1 Å². The van der Waals surface area contributed by atoms with Crippen molar-refractivity contribution >= 4 is 10.1 Å². The fourth-order valence-electron chi connectivity index (χ4n) is 1.81. The topological polar surface area (TPSA) is 67.2 Å². The minimum Gasteiger partial charge on any atom is -0.386 e. The Morgan fingerprint density at radius 3 is 2.36 bits per heavy atom. The van der Waals surface area contributed by atoms with E-state index in [2.05, 4.69) is 0 Å². The zero-order chi connectivity index (χ0) is 16.0. The highest BCUT2D eigenvalue weighted by Crippen LogP contribution is 2.15. The van der Waals surface area contributed by atoms with Crippen molar-refractivity contribution in [3.8, 4) is 6.07 Å². The molecule has 0 atom stereocenters. The number of nitrogens with zero attached hydrogens (tertiary/aromatic N) is 1. The Morgan fingerprint density at radius 2 is 1.77 bits per heavy atom. The molecule has 0 saturated heterocycles. The van der Waals surface area contributed by atoms with Crippen LogP contribution in [0, 0.1) is 18.3 Å². The fraction of sp³-hybridized carbons (Fsp3) is 0.118. The molecule has 0 fully saturated rings. The van der Waals surface area contributed by atoms with Crippen LogP contribution in [-0.4, -0.2) is 8.42 Å². The lowest BCUT2D eigenvalue weighted by atomic mass is 10.1. The fourth-order valence-corrected chi connectivity index (χ4v) is 2.63. The van der Waals surface area contributed by atoms with Crippen LogP contribution in [-0.2, 0) is 20.7 Å². The van der Waals surface area contributed by atoms with Crippen molar-refractivity contribution in [2.75, 3.05) is 0 Å². The van der Waals surface area contributed by atoms with Crippen LogP contribution >= 0.6 is 0 Å². The highest BCUT2D eigenvalue weighted by Gasteiger charge is 2.14. The van der Waals surface area contributed by atoms with Gasteiger partial charge < -0.3 is 4.18 Å². The number of nitriles is 1. The molecule has 0 radical (unpaired) electrons. The molecular weight excluding hydrogens is 298 g/mol. The average molecular weight is 313 g/mol. The summed E-state index contributed by atoms with van der Waals surface area (Å²) in [6, 6.07) is 17.6. The summed E-state index contributed by atoms with van der Waals surface area (Å²) in [6.45, 7) is 1.87. The molecule has 0 aliphatic carbocycles. The lowest BCUT2D eigenvalue weighted by Gasteiger charge is -2.04. The molecule has 4 nitrogen and oxygen atoms in total. The molecule has 0 aliphatic rings.